The van der Waals surface area contributed by atoms with E-state index in [1.807, 2.05) is 34.2 Å². The summed E-state index contributed by atoms with van der Waals surface area (Å²) < 4.78 is 41.0. The fourth-order valence-electron chi connectivity index (χ4n) is 3.28. The quantitative estimate of drug-likeness (QED) is 0.384. The molecule has 30 heavy (non-hydrogen) atoms. The number of anilines is 1. The normalized spacial score (nSPS) is 11.6. The number of rotatable bonds is 5. The molecule has 0 aliphatic heterocycles. The van der Waals surface area contributed by atoms with Crippen LogP contribution in [0.4, 0.5) is 19.0 Å². The molecular weight excluding hydrogens is 407 g/mol. The smallest absolute Gasteiger partial charge is 0.365 e. The van der Waals surface area contributed by atoms with Crippen molar-refractivity contribution in [2.24, 2.45) is 0 Å². The van der Waals surface area contributed by atoms with Gasteiger partial charge in [0.2, 0.25) is 0 Å². The van der Waals surface area contributed by atoms with E-state index in [2.05, 4.69) is 18.2 Å². The minimum Gasteiger partial charge on any atom is -0.365 e. The van der Waals surface area contributed by atoms with Crippen molar-refractivity contribution in [1.82, 2.24) is 9.38 Å². The van der Waals surface area contributed by atoms with Crippen molar-refractivity contribution < 1.29 is 13.2 Å². The second-order valence-corrected chi connectivity index (χ2v) is 7.70. The van der Waals surface area contributed by atoms with E-state index in [1.165, 1.54) is 17.4 Å². The number of aryl methyl sites for hydroxylation is 1. The summed E-state index contributed by atoms with van der Waals surface area (Å²) in [6.45, 7) is 2.29. The molecule has 7 heteroatoms. The van der Waals surface area contributed by atoms with Crippen LogP contribution in [0.5, 0.6) is 0 Å². The Hall–Kier alpha value is -3.24. The lowest BCUT2D eigenvalue weighted by atomic mass is 10.1. The predicted molar refractivity (Wildman–Crippen MR) is 115 cm³/mol. The standard InChI is InChI=1S/C23H18F3N3S/c1-3-15-8-10-29-19(13-15)28-20(21-17(4-2)9-11-30-21)22(29)27-14-16-6-5-7-18(12-16)23(24,25)26/h2,5-13,27H,3,14H2,1H3. The summed E-state index contributed by atoms with van der Waals surface area (Å²) in [5.74, 6) is 3.37. The number of nitrogens with one attached hydrogen (secondary N) is 1. The number of pyridine rings is 1. The summed E-state index contributed by atoms with van der Waals surface area (Å²) in [6.07, 6.45) is 4.06. The van der Waals surface area contributed by atoms with Gasteiger partial charge in [0.1, 0.15) is 17.2 Å². The van der Waals surface area contributed by atoms with E-state index < -0.39 is 11.7 Å². The molecule has 152 valence electrons. The number of hydrogen-bond acceptors (Lipinski definition) is 3. The summed E-state index contributed by atoms with van der Waals surface area (Å²) >= 11 is 1.49. The molecule has 0 bridgehead atoms. The van der Waals surface area contributed by atoms with Crippen molar-refractivity contribution in [2.75, 3.05) is 5.32 Å². The van der Waals surface area contributed by atoms with Crippen LogP contribution in [0.15, 0.2) is 54.0 Å². The first kappa shape index (κ1) is 20.0. The summed E-state index contributed by atoms with van der Waals surface area (Å²) in [7, 11) is 0. The van der Waals surface area contributed by atoms with E-state index in [0.717, 1.165) is 40.2 Å². The zero-order valence-corrected chi connectivity index (χ0v) is 16.9. The van der Waals surface area contributed by atoms with Crippen LogP contribution in [0.2, 0.25) is 0 Å². The first-order valence-electron chi connectivity index (χ1n) is 9.36. The van der Waals surface area contributed by atoms with Gasteiger partial charge in [0.05, 0.1) is 10.4 Å². The van der Waals surface area contributed by atoms with Crippen LogP contribution in [-0.2, 0) is 19.1 Å². The highest BCUT2D eigenvalue weighted by Gasteiger charge is 2.30. The number of benzene rings is 1. The summed E-state index contributed by atoms with van der Waals surface area (Å²) in [5.41, 5.74) is 3.19. The Morgan fingerprint density at radius 2 is 2.00 bits per heavy atom. The molecule has 3 aromatic heterocycles. The van der Waals surface area contributed by atoms with Crippen LogP contribution >= 0.6 is 11.3 Å². The molecule has 0 radical (unpaired) electrons. The van der Waals surface area contributed by atoms with Crippen molar-refractivity contribution in [3.8, 4) is 22.9 Å². The van der Waals surface area contributed by atoms with Crippen molar-refractivity contribution in [2.45, 2.75) is 26.1 Å². The minimum absolute atomic E-state index is 0.219. The number of imidazole rings is 1. The van der Waals surface area contributed by atoms with Gasteiger partial charge < -0.3 is 5.32 Å². The second-order valence-electron chi connectivity index (χ2n) is 6.79. The number of nitrogens with zero attached hydrogens (tertiary/aromatic N) is 2. The van der Waals surface area contributed by atoms with Crippen LogP contribution in [0.3, 0.4) is 0 Å². The molecule has 0 unspecified atom stereocenters. The largest absolute Gasteiger partial charge is 0.416 e. The van der Waals surface area contributed by atoms with Crippen LogP contribution in [0.1, 0.15) is 29.2 Å². The maximum absolute atomic E-state index is 13.0. The van der Waals surface area contributed by atoms with E-state index in [1.54, 1.807) is 6.07 Å². The third-order valence-corrected chi connectivity index (χ3v) is 5.77. The highest BCUT2D eigenvalue weighted by Crippen LogP contribution is 2.35. The molecule has 1 aromatic carbocycles. The molecule has 0 saturated heterocycles. The van der Waals surface area contributed by atoms with Crippen molar-refractivity contribution in [1.29, 1.82) is 0 Å². The molecule has 4 aromatic rings. The predicted octanol–water partition coefficient (Wildman–Crippen LogP) is 6.24. The van der Waals surface area contributed by atoms with E-state index >= 15 is 0 Å². The SMILES string of the molecule is C#Cc1ccsc1-c1nc2cc(CC)ccn2c1NCc1cccc(C(F)(F)F)c1. The number of alkyl halides is 3. The Labute approximate surface area is 176 Å². The van der Waals surface area contributed by atoms with Gasteiger partial charge in [-0.05, 0) is 53.3 Å². The average molecular weight is 425 g/mol. The number of fused-ring (bicyclic) bond motifs is 1. The van der Waals surface area contributed by atoms with Crippen LogP contribution in [-0.4, -0.2) is 9.38 Å². The lowest BCUT2D eigenvalue weighted by molar-refractivity contribution is -0.137. The van der Waals surface area contributed by atoms with Gasteiger partial charge in [0.15, 0.2) is 0 Å². The Bertz CT molecular complexity index is 1240. The Morgan fingerprint density at radius 1 is 1.17 bits per heavy atom. The molecule has 0 atom stereocenters. The van der Waals surface area contributed by atoms with Crippen molar-refractivity contribution >= 4 is 22.8 Å². The highest BCUT2D eigenvalue weighted by atomic mass is 32.1. The van der Waals surface area contributed by atoms with Gasteiger partial charge in [-0.15, -0.1) is 17.8 Å². The molecule has 3 nitrogen and oxygen atoms in total. The maximum atomic E-state index is 13.0. The van der Waals surface area contributed by atoms with E-state index in [-0.39, 0.29) is 6.54 Å². The number of hydrogen-bond donors (Lipinski definition) is 1. The molecule has 0 aliphatic carbocycles. The summed E-state index contributed by atoms with van der Waals surface area (Å²) in [5, 5.41) is 5.18. The molecular formula is C23H18F3N3S. The van der Waals surface area contributed by atoms with Crippen LogP contribution in [0.25, 0.3) is 16.2 Å². The lowest BCUT2D eigenvalue weighted by Gasteiger charge is -2.11. The van der Waals surface area contributed by atoms with Gasteiger partial charge in [-0.25, -0.2) is 4.98 Å². The monoisotopic (exact) mass is 425 g/mol. The fraction of sp³-hybridized carbons (Fsp3) is 0.174. The molecule has 4 rings (SSSR count). The average Bonchev–Trinajstić information content (AvgIpc) is 3.35. The summed E-state index contributed by atoms with van der Waals surface area (Å²) in [6, 6.07) is 11.2. The second kappa shape index (κ2) is 7.88. The first-order chi connectivity index (χ1) is 14.4. The topological polar surface area (TPSA) is 29.3 Å². The van der Waals surface area contributed by atoms with Gasteiger partial charge in [0.25, 0.3) is 0 Å². The van der Waals surface area contributed by atoms with E-state index in [4.69, 9.17) is 11.4 Å². The van der Waals surface area contributed by atoms with Crippen LogP contribution in [0, 0.1) is 12.3 Å². The first-order valence-corrected chi connectivity index (χ1v) is 10.2. The number of halogens is 3. The molecule has 0 aliphatic rings. The Balaban J connectivity index is 1.76. The number of aromatic nitrogens is 2. The van der Waals surface area contributed by atoms with Crippen molar-refractivity contribution in [3.05, 3.63) is 76.3 Å². The van der Waals surface area contributed by atoms with Crippen LogP contribution < -0.4 is 5.32 Å². The highest BCUT2D eigenvalue weighted by molar-refractivity contribution is 7.13. The van der Waals surface area contributed by atoms with Gasteiger partial charge in [-0.2, -0.15) is 13.2 Å². The van der Waals surface area contributed by atoms with Gasteiger partial charge in [0, 0.05) is 18.3 Å². The van der Waals surface area contributed by atoms with Crippen molar-refractivity contribution in [3.63, 3.8) is 0 Å². The van der Waals surface area contributed by atoms with E-state index in [0.29, 0.717) is 17.1 Å². The van der Waals surface area contributed by atoms with E-state index in [9.17, 15) is 13.2 Å². The van der Waals surface area contributed by atoms with Gasteiger partial charge in [-0.1, -0.05) is 25.0 Å². The minimum atomic E-state index is -4.38. The molecule has 0 saturated carbocycles. The third kappa shape index (κ3) is 3.79. The number of thiophene rings is 1. The Kier molecular flexibility index (Phi) is 5.27. The summed E-state index contributed by atoms with van der Waals surface area (Å²) in [4.78, 5) is 5.63. The molecule has 3 heterocycles. The van der Waals surface area contributed by atoms with Gasteiger partial charge >= 0.3 is 6.18 Å². The zero-order valence-electron chi connectivity index (χ0n) is 16.1. The third-order valence-electron chi connectivity index (χ3n) is 4.85. The fourth-order valence-corrected chi connectivity index (χ4v) is 4.13. The Morgan fingerprint density at radius 3 is 2.73 bits per heavy atom. The molecule has 0 amide bonds. The molecule has 0 fully saturated rings. The number of terminal acetylenes is 1. The molecule has 1 N–H and O–H groups in total. The lowest BCUT2D eigenvalue weighted by Crippen LogP contribution is -2.08. The maximum Gasteiger partial charge on any atom is 0.416 e. The van der Waals surface area contributed by atoms with Gasteiger partial charge in [-0.3, -0.25) is 4.40 Å². The zero-order chi connectivity index (χ0) is 21.3. The molecule has 0 spiro atoms.